The minimum atomic E-state index is 0.00483. The molecule has 26 heavy (non-hydrogen) atoms. The first-order valence-corrected chi connectivity index (χ1v) is 9.56. The number of nitrogens with zero attached hydrogens (tertiary/aromatic N) is 2. The van der Waals surface area contributed by atoms with Gasteiger partial charge in [0.05, 0.1) is 11.9 Å². The fraction of sp³-hybridized carbons (Fsp3) is 0.409. The van der Waals surface area contributed by atoms with E-state index in [1.165, 1.54) is 18.4 Å². The van der Waals surface area contributed by atoms with Gasteiger partial charge in [-0.3, -0.25) is 9.69 Å². The molecule has 1 aliphatic heterocycles. The van der Waals surface area contributed by atoms with Crippen LogP contribution in [0.3, 0.4) is 0 Å². The van der Waals surface area contributed by atoms with Crippen molar-refractivity contribution in [3.8, 4) is 0 Å². The first kappa shape index (κ1) is 17.1. The van der Waals surface area contributed by atoms with Crippen LogP contribution in [0.4, 0.5) is 0 Å². The fourth-order valence-electron chi connectivity index (χ4n) is 3.91. The number of rotatable bonds is 5. The highest BCUT2D eigenvalue weighted by Gasteiger charge is 2.20. The van der Waals surface area contributed by atoms with Crippen molar-refractivity contribution in [1.29, 1.82) is 0 Å². The SMILES string of the molecule is Cc1ccc2on(CCC3CCN(Cc4ccccc4)CC3)c(=O)c2c1. The molecule has 3 aromatic rings. The Labute approximate surface area is 154 Å². The van der Waals surface area contributed by atoms with E-state index in [1.807, 2.05) is 25.1 Å². The van der Waals surface area contributed by atoms with E-state index in [-0.39, 0.29) is 5.56 Å². The smallest absolute Gasteiger partial charge is 0.290 e. The summed E-state index contributed by atoms with van der Waals surface area (Å²) in [6.45, 7) is 5.98. The van der Waals surface area contributed by atoms with Crippen molar-refractivity contribution in [2.24, 2.45) is 5.92 Å². The lowest BCUT2D eigenvalue weighted by atomic mass is 9.93. The highest BCUT2D eigenvalue weighted by atomic mass is 16.5. The second-order valence-corrected chi connectivity index (χ2v) is 7.49. The molecule has 4 nitrogen and oxygen atoms in total. The van der Waals surface area contributed by atoms with Crippen molar-refractivity contribution < 1.29 is 4.52 Å². The monoisotopic (exact) mass is 350 g/mol. The van der Waals surface area contributed by atoms with Gasteiger partial charge in [-0.25, -0.2) is 0 Å². The summed E-state index contributed by atoms with van der Waals surface area (Å²) in [5, 5.41) is 0.697. The van der Waals surface area contributed by atoms with Crippen molar-refractivity contribution in [1.82, 2.24) is 9.64 Å². The zero-order valence-electron chi connectivity index (χ0n) is 15.4. The van der Waals surface area contributed by atoms with Crippen LogP contribution in [0.5, 0.6) is 0 Å². The number of hydrogen-bond acceptors (Lipinski definition) is 3. The third-order valence-electron chi connectivity index (χ3n) is 5.50. The third kappa shape index (κ3) is 3.75. The lowest BCUT2D eigenvalue weighted by molar-refractivity contribution is 0.159. The molecular weight excluding hydrogens is 324 g/mol. The molecule has 0 saturated carbocycles. The van der Waals surface area contributed by atoms with Gasteiger partial charge in [0.15, 0.2) is 5.58 Å². The van der Waals surface area contributed by atoms with Gasteiger partial charge in [0.25, 0.3) is 5.56 Å². The molecule has 1 aromatic heterocycles. The number of benzene rings is 2. The van der Waals surface area contributed by atoms with Crippen molar-refractivity contribution >= 4 is 11.0 Å². The second kappa shape index (κ2) is 7.50. The number of likely N-dealkylation sites (tertiary alicyclic amines) is 1. The fourth-order valence-corrected chi connectivity index (χ4v) is 3.91. The topological polar surface area (TPSA) is 38.4 Å². The summed E-state index contributed by atoms with van der Waals surface area (Å²) >= 11 is 0. The first-order chi connectivity index (χ1) is 12.7. The summed E-state index contributed by atoms with van der Waals surface area (Å²) in [6, 6.07) is 16.5. The lowest BCUT2D eigenvalue weighted by Gasteiger charge is -2.31. The Bertz CT molecular complexity index is 918. The third-order valence-corrected chi connectivity index (χ3v) is 5.50. The maximum atomic E-state index is 12.5. The van der Waals surface area contributed by atoms with E-state index >= 15 is 0 Å². The largest absolute Gasteiger partial charge is 0.376 e. The van der Waals surface area contributed by atoms with E-state index < -0.39 is 0 Å². The van der Waals surface area contributed by atoms with Gasteiger partial charge >= 0.3 is 0 Å². The highest BCUT2D eigenvalue weighted by Crippen LogP contribution is 2.23. The normalized spacial score (nSPS) is 16.3. The Morgan fingerprint density at radius 1 is 1.08 bits per heavy atom. The predicted molar refractivity (Wildman–Crippen MR) is 104 cm³/mol. The Morgan fingerprint density at radius 2 is 1.85 bits per heavy atom. The van der Waals surface area contributed by atoms with E-state index in [2.05, 4.69) is 35.2 Å². The van der Waals surface area contributed by atoms with Crippen LogP contribution in [0, 0.1) is 12.8 Å². The Hall–Kier alpha value is -2.33. The number of fused-ring (bicyclic) bond motifs is 1. The quantitative estimate of drug-likeness (QED) is 0.692. The molecule has 2 aromatic carbocycles. The van der Waals surface area contributed by atoms with Crippen LogP contribution in [0.1, 0.15) is 30.4 Å². The zero-order chi connectivity index (χ0) is 17.9. The van der Waals surface area contributed by atoms with Crippen LogP contribution < -0.4 is 5.56 Å². The van der Waals surface area contributed by atoms with Crippen molar-refractivity contribution in [2.45, 2.75) is 39.3 Å². The van der Waals surface area contributed by atoms with Gasteiger partial charge in [0.1, 0.15) is 0 Å². The summed E-state index contributed by atoms with van der Waals surface area (Å²) < 4.78 is 7.28. The van der Waals surface area contributed by atoms with Gasteiger partial charge in [-0.1, -0.05) is 42.0 Å². The molecule has 0 spiro atoms. The van der Waals surface area contributed by atoms with Crippen LogP contribution in [-0.2, 0) is 13.1 Å². The van der Waals surface area contributed by atoms with Gasteiger partial charge in [0, 0.05) is 6.54 Å². The zero-order valence-corrected chi connectivity index (χ0v) is 15.4. The van der Waals surface area contributed by atoms with Crippen LogP contribution in [0.25, 0.3) is 11.0 Å². The molecule has 0 atom stereocenters. The molecule has 0 bridgehead atoms. The van der Waals surface area contributed by atoms with E-state index in [4.69, 9.17) is 4.52 Å². The Kier molecular flexibility index (Phi) is 4.93. The molecule has 0 N–H and O–H groups in total. The number of hydrogen-bond donors (Lipinski definition) is 0. The molecule has 1 aliphatic rings. The Morgan fingerprint density at radius 3 is 2.62 bits per heavy atom. The number of aromatic nitrogens is 1. The maximum absolute atomic E-state index is 12.5. The van der Waals surface area contributed by atoms with Crippen molar-refractivity contribution in [2.75, 3.05) is 13.1 Å². The minimum Gasteiger partial charge on any atom is -0.376 e. The Balaban J connectivity index is 1.31. The van der Waals surface area contributed by atoms with Crippen molar-refractivity contribution in [3.05, 3.63) is 70.0 Å². The minimum absolute atomic E-state index is 0.00483. The van der Waals surface area contributed by atoms with Gasteiger partial charge in [-0.15, -0.1) is 0 Å². The van der Waals surface area contributed by atoms with Gasteiger partial charge < -0.3 is 4.52 Å². The summed E-state index contributed by atoms with van der Waals surface area (Å²) in [6.07, 6.45) is 3.40. The molecule has 0 unspecified atom stereocenters. The average molecular weight is 350 g/mol. The van der Waals surface area contributed by atoms with E-state index in [1.54, 1.807) is 4.74 Å². The van der Waals surface area contributed by atoms with Gasteiger partial charge in [-0.2, -0.15) is 4.74 Å². The van der Waals surface area contributed by atoms with Gasteiger partial charge in [-0.05, 0) is 62.9 Å². The molecule has 1 fully saturated rings. The first-order valence-electron chi connectivity index (χ1n) is 9.56. The second-order valence-electron chi connectivity index (χ2n) is 7.49. The number of aryl methyl sites for hydroxylation is 2. The highest BCUT2D eigenvalue weighted by molar-refractivity contribution is 5.76. The standard InChI is InChI=1S/C22H26N2O2/c1-17-7-8-21-20(15-17)22(25)24(26-21)14-11-18-9-12-23(13-10-18)16-19-5-3-2-4-6-19/h2-8,15,18H,9-14,16H2,1H3. The lowest BCUT2D eigenvalue weighted by Crippen LogP contribution is -2.33. The molecule has 0 radical (unpaired) electrons. The molecule has 1 saturated heterocycles. The van der Waals surface area contributed by atoms with Gasteiger partial charge in [0.2, 0.25) is 0 Å². The molecule has 4 heteroatoms. The van der Waals surface area contributed by atoms with Crippen molar-refractivity contribution in [3.63, 3.8) is 0 Å². The molecule has 0 amide bonds. The summed E-state index contributed by atoms with van der Waals surface area (Å²) in [5.41, 5.74) is 3.17. The van der Waals surface area contributed by atoms with E-state index in [0.29, 0.717) is 23.4 Å². The molecular formula is C22H26N2O2. The molecule has 136 valence electrons. The summed E-state index contributed by atoms with van der Waals surface area (Å²) in [4.78, 5) is 15.0. The summed E-state index contributed by atoms with van der Waals surface area (Å²) in [5.74, 6) is 0.670. The molecule has 2 heterocycles. The number of piperidine rings is 1. The van der Waals surface area contributed by atoms with E-state index in [0.717, 1.165) is 31.6 Å². The van der Waals surface area contributed by atoms with E-state index in [9.17, 15) is 4.79 Å². The predicted octanol–water partition coefficient (Wildman–Crippen LogP) is 4.21. The van der Waals surface area contributed by atoms with Crippen LogP contribution in [0.2, 0.25) is 0 Å². The maximum Gasteiger partial charge on any atom is 0.290 e. The van der Waals surface area contributed by atoms with Crippen LogP contribution >= 0.6 is 0 Å². The van der Waals surface area contributed by atoms with Crippen LogP contribution in [-0.4, -0.2) is 22.7 Å². The van der Waals surface area contributed by atoms with Crippen LogP contribution in [0.15, 0.2) is 57.8 Å². The average Bonchev–Trinajstić information content (AvgIpc) is 2.98. The molecule has 4 rings (SSSR count). The molecule has 0 aliphatic carbocycles. The summed E-state index contributed by atoms with van der Waals surface area (Å²) in [7, 11) is 0.